The molecule has 1 aromatic carbocycles. The summed E-state index contributed by atoms with van der Waals surface area (Å²) in [7, 11) is 0. The molecule has 1 heterocycles. The van der Waals surface area contributed by atoms with Crippen LogP contribution in [0.3, 0.4) is 0 Å². The van der Waals surface area contributed by atoms with Crippen molar-refractivity contribution in [2.24, 2.45) is 5.92 Å². The predicted molar refractivity (Wildman–Crippen MR) is 107 cm³/mol. The van der Waals surface area contributed by atoms with E-state index in [1.807, 2.05) is 0 Å². The van der Waals surface area contributed by atoms with Gasteiger partial charge >= 0.3 is 0 Å². The van der Waals surface area contributed by atoms with Gasteiger partial charge in [0.2, 0.25) is 0 Å². The van der Waals surface area contributed by atoms with Crippen molar-refractivity contribution in [3.63, 3.8) is 0 Å². The quantitative estimate of drug-likeness (QED) is 0.458. The molecule has 3 heteroatoms. The molecule has 0 bridgehead atoms. The van der Waals surface area contributed by atoms with Gasteiger partial charge in [0.15, 0.2) is 5.82 Å². The van der Waals surface area contributed by atoms with E-state index < -0.39 is 0 Å². The molecule has 2 aromatic rings. The van der Waals surface area contributed by atoms with Gasteiger partial charge in [0, 0.05) is 12.0 Å². The Labute approximate surface area is 158 Å². The van der Waals surface area contributed by atoms with Gasteiger partial charge in [0.1, 0.15) is 0 Å². The van der Waals surface area contributed by atoms with Gasteiger partial charge in [-0.3, -0.25) is 0 Å². The number of hydrogen-bond donors (Lipinski definition) is 0. The van der Waals surface area contributed by atoms with Crippen LogP contribution in [-0.4, -0.2) is 10.1 Å². The number of benzene rings is 1. The number of rotatable bonds is 9. The minimum atomic E-state index is 0.655. The second-order valence-electron chi connectivity index (χ2n) is 7.95. The van der Waals surface area contributed by atoms with Crippen LogP contribution in [0.5, 0.6) is 0 Å². The molecule has 1 aliphatic carbocycles. The lowest BCUT2D eigenvalue weighted by atomic mass is 9.77. The summed E-state index contributed by atoms with van der Waals surface area (Å²) in [4.78, 5) is 4.53. The number of aryl methyl sites for hydroxylation is 1. The fraction of sp³-hybridized carbons (Fsp3) is 0.652. The highest BCUT2D eigenvalue weighted by Gasteiger charge is 2.22. The summed E-state index contributed by atoms with van der Waals surface area (Å²) in [5, 5.41) is 4.10. The summed E-state index contributed by atoms with van der Waals surface area (Å²) in [6, 6.07) is 8.85. The predicted octanol–water partition coefficient (Wildman–Crippen LogP) is 6.93. The molecule has 0 aliphatic heterocycles. The van der Waals surface area contributed by atoms with Crippen molar-refractivity contribution in [1.82, 2.24) is 10.1 Å². The maximum atomic E-state index is 5.43. The van der Waals surface area contributed by atoms with E-state index in [2.05, 4.69) is 48.3 Å². The number of nitrogens with zero attached hydrogens (tertiary/aromatic N) is 2. The zero-order chi connectivity index (χ0) is 18.2. The molecule has 0 N–H and O–H groups in total. The molecule has 1 saturated carbocycles. The van der Waals surface area contributed by atoms with Gasteiger partial charge in [-0.05, 0) is 61.6 Å². The average Bonchev–Trinajstić information content (AvgIpc) is 3.16. The van der Waals surface area contributed by atoms with Gasteiger partial charge in [-0.2, -0.15) is 4.98 Å². The van der Waals surface area contributed by atoms with E-state index in [0.717, 1.165) is 42.5 Å². The molecular formula is C23H34N2O. The Morgan fingerprint density at radius 2 is 1.65 bits per heavy atom. The minimum Gasteiger partial charge on any atom is -0.334 e. The molecule has 0 amide bonds. The Morgan fingerprint density at radius 3 is 2.35 bits per heavy atom. The Morgan fingerprint density at radius 1 is 0.923 bits per heavy atom. The highest BCUT2D eigenvalue weighted by molar-refractivity contribution is 5.53. The Bertz CT molecular complexity index is 638. The molecule has 0 saturated heterocycles. The largest absolute Gasteiger partial charge is 0.334 e. The molecule has 0 atom stereocenters. The van der Waals surface area contributed by atoms with Gasteiger partial charge in [-0.15, -0.1) is 0 Å². The van der Waals surface area contributed by atoms with E-state index in [-0.39, 0.29) is 0 Å². The fourth-order valence-corrected chi connectivity index (χ4v) is 4.17. The van der Waals surface area contributed by atoms with Crippen LogP contribution in [0.2, 0.25) is 0 Å². The van der Waals surface area contributed by atoms with Crippen molar-refractivity contribution < 1.29 is 4.52 Å². The zero-order valence-corrected chi connectivity index (χ0v) is 16.5. The van der Waals surface area contributed by atoms with Crippen molar-refractivity contribution in [3.05, 3.63) is 35.7 Å². The Kier molecular flexibility index (Phi) is 7.28. The molecule has 0 radical (unpaired) electrons. The first-order valence-electron chi connectivity index (χ1n) is 10.7. The lowest BCUT2D eigenvalue weighted by molar-refractivity contribution is 0.303. The molecule has 1 fully saturated rings. The first-order valence-corrected chi connectivity index (χ1v) is 10.7. The molecule has 3 nitrogen and oxygen atoms in total. The van der Waals surface area contributed by atoms with E-state index in [1.165, 1.54) is 56.9 Å². The van der Waals surface area contributed by atoms with E-state index >= 15 is 0 Å². The van der Waals surface area contributed by atoms with Crippen LogP contribution in [0.25, 0.3) is 11.5 Å². The first kappa shape index (κ1) is 19.1. The lowest BCUT2D eigenvalue weighted by Gasteiger charge is -2.29. The fourth-order valence-electron chi connectivity index (χ4n) is 4.17. The molecule has 1 aliphatic rings. The monoisotopic (exact) mass is 354 g/mol. The van der Waals surface area contributed by atoms with Crippen LogP contribution in [0.15, 0.2) is 28.8 Å². The van der Waals surface area contributed by atoms with Gasteiger partial charge in [-0.25, -0.2) is 0 Å². The van der Waals surface area contributed by atoms with Crippen LogP contribution in [-0.2, 0) is 6.42 Å². The molecule has 26 heavy (non-hydrogen) atoms. The third-order valence-corrected chi connectivity index (χ3v) is 5.91. The summed E-state index contributed by atoms with van der Waals surface area (Å²) in [6.45, 7) is 4.47. The van der Waals surface area contributed by atoms with Crippen molar-refractivity contribution in [2.45, 2.75) is 90.4 Å². The van der Waals surface area contributed by atoms with Crippen molar-refractivity contribution in [1.29, 1.82) is 0 Å². The van der Waals surface area contributed by atoms with E-state index in [9.17, 15) is 0 Å². The summed E-state index contributed by atoms with van der Waals surface area (Å²) in [5.74, 6) is 3.18. The standard InChI is InChI=1S/C23H34N2O/c1-3-5-7-8-18-10-12-19(13-11-18)20-14-16-21(17-15-20)23-24-22(25-26-23)9-6-4-2/h14-19H,3-13H2,1-2H3. The Balaban J connectivity index is 1.52. The second-order valence-corrected chi connectivity index (χ2v) is 7.95. The van der Waals surface area contributed by atoms with E-state index in [0.29, 0.717) is 5.89 Å². The maximum Gasteiger partial charge on any atom is 0.257 e. The molecule has 1 aromatic heterocycles. The van der Waals surface area contributed by atoms with Gasteiger partial charge in [0.25, 0.3) is 5.89 Å². The Hall–Kier alpha value is -1.64. The topological polar surface area (TPSA) is 38.9 Å². The number of aromatic nitrogens is 2. The second kappa shape index (κ2) is 9.89. The van der Waals surface area contributed by atoms with E-state index in [4.69, 9.17) is 4.52 Å². The van der Waals surface area contributed by atoms with Crippen molar-refractivity contribution in [3.8, 4) is 11.5 Å². The van der Waals surface area contributed by atoms with Crippen LogP contribution in [0, 0.1) is 5.92 Å². The normalized spacial score (nSPS) is 20.4. The summed E-state index contributed by atoms with van der Waals surface area (Å²) < 4.78 is 5.43. The highest BCUT2D eigenvalue weighted by atomic mass is 16.5. The van der Waals surface area contributed by atoms with Gasteiger partial charge < -0.3 is 4.52 Å². The van der Waals surface area contributed by atoms with Crippen LogP contribution in [0.4, 0.5) is 0 Å². The highest BCUT2D eigenvalue weighted by Crippen LogP contribution is 2.38. The van der Waals surface area contributed by atoms with Gasteiger partial charge in [-0.1, -0.05) is 63.2 Å². The van der Waals surface area contributed by atoms with Crippen LogP contribution in [0.1, 0.15) is 95.4 Å². The maximum absolute atomic E-state index is 5.43. The molecular weight excluding hydrogens is 320 g/mol. The summed E-state index contributed by atoms with van der Waals surface area (Å²) >= 11 is 0. The molecule has 3 rings (SSSR count). The third kappa shape index (κ3) is 5.18. The van der Waals surface area contributed by atoms with Crippen LogP contribution < -0.4 is 0 Å². The summed E-state index contributed by atoms with van der Waals surface area (Å²) in [6.07, 6.45) is 14.3. The molecule has 0 spiro atoms. The summed E-state index contributed by atoms with van der Waals surface area (Å²) in [5.41, 5.74) is 2.52. The number of unbranched alkanes of at least 4 members (excludes halogenated alkanes) is 3. The van der Waals surface area contributed by atoms with Crippen molar-refractivity contribution in [2.75, 3.05) is 0 Å². The lowest BCUT2D eigenvalue weighted by Crippen LogP contribution is -2.13. The minimum absolute atomic E-state index is 0.655. The van der Waals surface area contributed by atoms with E-state index in [1.54, 1.807) is 0 Å². The first-order chi connectivity index (χ1) is 12.8. The third-order valence-electron chi connectivity index (χ3n) is 5.91. The smallest absolute Gasteiger partial charge is 0.257 e. The number of hydrogen-bond acceptors (Lipinski definition) is 3. The van der Waals surface area contributed by atoms with Crippen LogP contribution >= 0.6 is 0 Å². The van der Waals surface area contributed by atoms with Gasteiger partial charge in [0.05, 0.1) is 0 Å². The molecule has 0 unspecified atom stereocenters. The SMILES string of the molecule is CCCCCC1CCC(c2ccc(-c3nc(CCCC)no3)cc2)CC1. The average molecular weight is 355 g/mol. The molecule has 142 valence electrons. The van der Waals surface area contributed by atoms with Crippen molar-refractivity contribution >= 4 is 0 Å². The zero-order valence-electron chi connectivity index (χ0n) is 16.5.